The zero-order chi connectivity index (χ0) is 57.2. The van der Waals surface area contributed by atoms with E-state index >= 15 is 0 Å². The van der Waals surface area contributed by atoms with Crippen LogP contribution >= 0.6 is 7.82 Å². The Morgan fingerprint density at radius 1 is 0.449 bits per heavy atom. The minimum absolute atomic E-state index is 0.0266. The second-order valence-corrected chi connectivity index (χ2v) is 24.7. The fourth-order valence-corrected chi connectivity index (χ4v) is 9.99. The number of nitrogens with one attached hydrogen (secondary N) is 1. The standard InChI is InChI=1S/C68H125N2O7P/c1-7-10-13-16-19-22-25-28-29-30-31-32-33-34-35-36-37-38-39-40-41-43-45-48-51-54-57-60-67(71)69-65(64-76-78(73,74)75-63-62-70(4,5)6)66(59-56-53-50-47-44-27-24-21-18-15-12-9-3)77-68(72)61-58-55-52-49-46-42-26-23-20-17-14-11-8-2/h19,22,28-29,31-32,34-35,42,46,56,59,65-66H,7-18,20-21,23-27,30,33,36-41,43-45,47-55,57-58,60-64H2,1-6H3,(H-,69,71,73,74)/b22-19-,29-28-,32-31-,35-34-,46-42-,59-56-. The SMILES string of the molecule is CCCCC/C=C\C/C=C\C/C=C\C/C=C\CCCCCCCCCCCCCC(=O)NC(COP(=O)([O-])OCC[N+](C)(C)C)C(/C=C\CCCCCCCCCCCC)OC(=O)CCCCC/C=C\CCCCCCCC. The second kappa shape index (κ2) is 57.7. The minimum Gasteiger partial charge on any atom is -0.756 e. The predicted octanol–water partition coefficient (Wildman–Crippen LogP) is 19.8. The van der Waals surface area contributed by atoms with Gasteiger partial charge in [0.15, 0.2) is 0 Å². The van der Waals surface area contributed by atoms with Crippen LogP contribution in [0.25, 0.3) is 0 Å². The molecule has 0 rings (SSSR count). The molecule has 1 amide bonds. The van der Waals surface area contributed by atoms with Gasteiger partial charge in [0.25, 0.3) is 7.82 Å². The summed E-state index contributed by atoms with van der Waals surface area (Å²) in [5.41, 5.74) is 0. The molecule has 1 N–H and O–H groups in total. The van der Waals surface area contributed by atoms with E-state index in [2.05, 4.69) is 86.8 Å². The van der Waals surface area contributed by atoms with Crippen molar-refractivity contribution >= 4 is 19.7 Å². The van der Waals surface area contributed by atoms with Crippen molar-refractivity contribution in [2.45, 2.75) is 309 Å². The number of rotatable bonds is 59. The molecule has 0 aromatic rings. The molecule has 0 aliphatic carbocycles. The zero-order valence-electron chi connectivity index (χ0n) is 51.9. The van der Waals surface area contributed by atoms with Gasteiger partial charge >= 0.3 is 5.97 Å². The summed E-state index contributed by atoms with van der Waals surface area (Å²) in [4.78, 5) is 40.0. The molecule has 0 aromatic carbocycles. The largest absolute Gasteiger partial charge is 0.756 e. The van der Waals surface area contributed by atoms with Crippen molar-refractivity contribution in [3.8, 4) is 0 Å². The quantitative estimate of drug-likeness (QED) is 0.0212. The van der Waals surface area contributed by atoms with E-state index < -0.39 is 26.6 Å². The third-order valence-electron chi connectivity index (χ3n) is 14.4. The molecule has 0 spiro atoms. The Balaban J connectivity index is 5.07. The molecule has 9 nitrogen and oxygen atoms in total. The molecule has 3 atom stereocenters. The van der Waals surface area contributed by atoms with Crippen molar-refractivity contribution < 1.29 is 37.3 Å². The topological polar surface area (TPSA) is 114 Å². The van der Waals surface area contributed by atoms with Crippen LogP contribution < -0.4 is 10.2 Å². The van der Waals surface area contributed by atoms with Gasteiger partial charge in [0.05, 0.1) is 33.8 Å². The smallest absolute Gasteiger partial charge is 0.306 e. The van der Waals surface area contributed by atoms with E-state index in [1.165, 1.54) is 167 Å². The lowest BCUT2D eigenvalue weighted by atomic mass is 10.0. The number of phosphoric acid groups is 1. The van der Waals surface area contributed by atoms with Crippen molar-refractivity contribution in [1.29, 1.82) is 0 Å². The number of hydrogen-bond donors (Lipinski definition) is 1. The van der Waals surface area contributed by atoms with Crippen molar-refractivity contribution in [3.63, 3.8) is 0 Å². The zero-order valence-corrected chi connectivity index (χ0v) is 52.8. The summed E-state index contributed by atoms with van der Waals surface area (Å²) >= 11 is 0. The monoisotopic (exact) mass is 1110 g/mol. The lowest BCUT2D eigenvalue weighted by Gasteiger charge is -2.30. The summed E-state index contributed by atoms with van der Waals surface area (Å²) in [5, 5.41) is 3.03. The fraction of sp³-hybridized carbons (Fsp3) is 0.794. The van der Waals surface area contributed by atoms with Gasteiger partial charge < -0.3 is 28.5 Å². The molecule has 10 heteroatoms. The molecule has 3 unspecified atom stereocenters. The Morgan fingerprint density at radius 2 is 0.782 bits per heavy atom. The van der Waals surface area contributed by atoms with Crippen molar-refractivity contribution in [3.05, 3.63) is 72.9 Å². The summed E-state index contributed by atoms with van der Waals surface area (Å²) in [5.74, 6) is -0.559. The van der Waals surface area contributed by atoms with Gasteiger partial charge in [0, 0.05) is 12.8 Å². The number of carbonyl (C=O) groups is 2. The number of nitrogens with zero attached hydrogens (tertiary/aromatic N) is 1. The molecule has 0 aromatic heterocycles. The number of esters is 1. The maximum absolute atomic E-state index is 13.5. The van der Waals surface area contributed by atoms with E-state index in [0.29, 0.717) is 23.9 Å². The maximum atomic E-state index is 13.5. The van der Waals surface area contributed by atoms with E-state index in [1.807, 2.05) is 33.3 Å². The normalized spacial score (nSPS) is 14.1. The lowest BCUT2D eigenvalue weighted by Crippen LogP contribution is -2.47. The molecular formula is C68H125N2O7P. The Hall–Kier alpha value is -2.55. The fourth-order valence-electron chi connectivity index (χ4n) is 9.27. The third kappa shape index (κ3) is 58.1. The van der Waals surface area contributed by atoms with Crippen LogP contribution in [0.1, 0.15) is 297 Å². The van der Waals surface area contributed by atoms with Crippen LogP contribution in [0.4, 0.5) is 0 Å². The number of amides is 1. The highest BCUT2D eigenvalue weighted by Crippen LogP contribution is 2.38. The molecular weight excluding hydrogens is 988 g/mol. The van der Waals surface area contributed by atoms with Crippen molar-refractivity contribution in [1.82, 2.24) is 5.32 Å². The Labute approximate surface area is 483 Å². The lowest BCUT2D eigenvalue weighted by molar-refractivity contribution is -0.870. The Morgan fingerprint density at radius 3 is 1.22 bits per heavy atom. The van der Waals surface area contributed by atoms with Gasteiger partial charge in [-0.05, 0) is 102 Å². The maximum Gasteiger partial charge on any atom is 0.306 e. The van der Waals surface area contributed by atoms with E-state index in [1.54, 1.807) is 0 Å². The van der Waals surface area contributed by atoms with Crippen LogP contribution in [-0.4, -0.2) is 69.4 Å². The average Bonchev–Trinajstić information content (AvgIpc) is 3.40. The van der Waals surface area contributed by atoms with E-state index in [9.17, 15) is 19.0 Å². The first-order valence-corrected chi connectivity index (χ1v) is 34.2. The molecule has 0 saturated heterocycles. The summed E-state index contributed by atoms with van der Waals surface area (Å²) in [6.07, 6.45) is 74.5. The van der Waals surface area contributed by atoms with Crippen LogP contribution in [0.3, 0.4) is 0 Å². The average molecular weight is 1110 g/mol. The summed E-state index contributed by atoms with van der Waals surface area (Å²) in [6.45, 7) is 6.81. The molecule has 0 aliphatic rings. The number of quaternary nitrogens is 1. The molecule has 0 heterocycles. The minimum atomic E-state index is -4.70. The van der Waals surface area contributed by atoms with E-state index in [4.69, 9.17) is 13.8 Å². The van der Waals surface area contributed by atoms with Gasteiger partial charge in [-0.15, -0.1) is 0 Å². The number of ether oxygens (including phenoxy) is 1. The molecule has 0 fully saturated rings. The van der Waals surface area contributed by atoms with Crippen molar-refractivity contribution in [2.24, 2.45) is 0 Å². The number of unbranched alkanes of at least 4 members (excludes halogenated alkanes) is 33. The summed E-state index contributed by atoms with van der Waals surface area (Å²) < 4.78 is 30.3. The first kappa shape index (κ1) is 75.5. The Kier molecular flexibility index (Phi) is 55.8. The van der Waals surface area contributed by atoms with Gasteiger partial charge in [-0.3, -0.25) is 14.2 Å². The van der Waals surface area contributed by atoms with Crippen molar-refractivity contribution in [2.75, 3.05) is 40.9 Å². The number of hydrogen-bond acceptors (Lipinski definition) is 7. The molecule has 78 heavy (non-hydrogen) atoms. The first-order valence-electron chi connectivity index (χ1n) is 32.7. The molecule has 0 aliphatic heterocycles. The molecule has 0 radical (unpaired) electrons. The van der Waals surface area contributed by atoms with Crippen LogP contribution in [0.5, 0.6) is 0 Å². The number of phosphoric ester groups is 1. The van der Waals surface area contributed by atoms with E-state index in [0.717, 1.165) is 89.9 Å². The van der Waals surface area contributed by atoms with Crippen LogP contribution in [0, 0.1) is 0 Å². The van der Waals surface area contributed by atoms with E-state index in [-0.39, 0.29) is 24.9 Å². The number of likely N-dealkylation sites (N-methyl/N-ethyl adjacent to an activating group) is 1. The van der Waals surface area contributed by atoms with Crippen LogP contribution in [0.15, 0.2) is 72.9 Å². The highest BCUT2D eigenvalue weighted by atomic mass is 31.2. The molecule has 0 bridgehead atoms. The second-order valence-electron chi connectivity index (χ2n) is 23.3. The van der Waals surface area contributed by atoms with Crippen LogP contribution in [0.2, 0.25) is 0 Å². The third-order valence-corrected chi connectivity index (χ3v) is 15.3. The highest BCUT2D eigenvalue weighted by Gasteiger charge is 2.27. The van der Waals surface area contributed by atoms with Gasteiger partial charge in [-0.2, -0.15) is 0 Å². The van der Waals surface area contributed by atoms with Gasteiger partial charge in [0.2, 0.25) is 5.91 Å². The van der Waals surface area contributed by atoms with Gasteiger partial charge in [-0.25, -0.2) is 0 Å². The number of carbonyl (C=O) groups excluding carboxylic acids is 2. The predicted molar refractivity (Wildman–Crippen MR) is 335 cm³/mol. The summed E-state index contributed by atoms with van der Waals surface area (Å²) in [7, 11) is 1.17. The molecule has 0 saturated carbocycles. The van der Waals surface area contributed by atoms with Gasteiger partial charge in [-0.1, -0.05) is 255 Å². The first-order chi connectivity index (χ1) is 37.9. The van der Waals surface area contributed by atoms with Gasteiger partial charge in [0.1, 0.15) is 19.3 Å². The number of allylic oxidation sites excluding steroid dienone is 11. The highest BCUT2D eigenvalue weighted by molar-refractivity contribution is 7.45. The molecule has 454 valence electrons. The Bertz CT molecular complexity index is 1570. The summed E-state index contributed by atoms with van der Waals surface area (Å²) in [6, 6.07) is -0.897. The van der Waals surface area contributed by atoms with Crippen LogP contribution in [-0.2, 0) is 27.9 Å².